The number of hydrogen-bond acceptors (Lipinski definition) is 10. The predicted molar refractivity (Wildman–Crippen MR) is 221 cm³/mol. The summed E-state index contributed by atoms with van der Waals surface area (Å²) < 4.78 is 10.9. The Morgan fingerprint density at radius 3 is 2.38 bits per heavy atom. The molecule has 0 bridgehead atoms. The van der Waals surface area contributed by atoms with Crippen molar-refractivity contribution >= 4 is 29.2 Å². The first-order chi connectivity index (χ1) is 26.6. The molecule has 13 nitrogen and oxygen atoms in total. The molecular formula is C42H63N7O6S. The van der Waals surface area contributed by atoms with Gasteiger partial charge in [0.25, 0.3) is 0 Å². The van der Waals surface area contributed by atoms with E-state index in [0.29, 0.717) is 50.6 Å². The summed E-state index contributed by atoms with van der Waals surface area (Å²) in [4.78, 5) is 51.4. The molecule has 1 fully saturated rings. The summed E-state index contributed by atoms with van der Waals surface area (Å²) >= 11 is 1.58. The minimum atomic E-state index is -0.999. The molecule has 1 aliphatic heterocycles. The molecule has 2 aromatic carbocycles. The van der Waals surface area contributed by atoms with Crippen LogP contribution in [-0.4, -0.2) is 120 Å². The number of aliphatic hydroxyl groups is 1. The van der Waals surface area contributed by atoms with Crippen LogP contribution in [0.4, 0.5) is 4.79 Å². The topological polar surface area (TPSA) is 149 Å². The van der Waals surface area contributed by atoms with Gasteiger partial charge in [0.1, 0.15) is 6.04 Å². The Labute approximate surface area is 337 Å². The van der Waals surface area contributed by atoms with Crippen LogP contribution in [0.1, 0.15) is 63.4 Å². The second kappa shape index (κ2) is 20.8. The summed E-state index contributed by atoms with van der Waals surface area (Å²) in [7, 11) is 4.93. The summed E-state index contributed by atoms with van der Waals surface area (Å²) in [5.41, 5.74) is 2.37. The largest absolute Gasteiger partial charge is 0.493 e. The first kappa shape index (κ1) is 44.5. The summed E-state index contributed by atoms with van der Waals surface area (Å²) in [5.74, 6) is 0.286. The maximum absolute atomic E-state index is 14.0. The zero-order chi connectivity index (χ0) is 41.0. The SMILES string of the molecule is CCc1nc(CN(C)C(=O)NC[C@H](C(=O)N[C@H](Cc2ccccc2)[C@@H](O)CN2CCN(Cc3ccc(OC)c(OC)c3)C[C@@H]2C(=O)NC(C)(C)C)C(C)C)cs1. The minimum Gasteiger partial charge on any atom is -0.493 e. The highest BCUT2D eigenvalue weighted by Gasteiger charge is 2.37. The molecule has 4 N–H and O–H groups in total. The second-order valence-electron chi connectivity index (χ2n) is 16.0. The lowest BCUT2D eigenvalue weighted by atomic mass is 9.93. The first-order valence-electron chi connectivity index (χ1n) is 19.5. The van der Waals surface area contributed by atoms with Crippen molar-refractivity contribution in [2.75, 3.05) is 54.0 Å². The number of benzene rings is 2. The number of rotatable bonds is 18. The molecule has 0 saturated carbocycles. The summed E-state index contributed by atoms with van der Waals surface area (Å²) in [6, 6.07) is 14.1. The number of hydrogen-bond donors (Lipinski definition) is 4. The van der Waals surface area contributed by atoms with Crippen molar-refractivity contribution in [1.29, 1.82) is 0 Å². The molecule has 4 amide bonds. The van der Waals surface area contributed by atoms with E-state index in [0.717, 1.165) is 28.2 Å². The molecule has 14 heteroatoms. The first-order valence-corrected chi connectivity index (χ1v) is 20.4. The van der Waals surface area contributed by atoms with Gasteiger partial charge >= 0.3 is 6.03 Å². The number of aliphatic hydroxyl groups excluding tert-OH is 1. The molecule has 1 aromatic heterocycles. The molecule has 0 unspecified atom stereocenters. The van der Waals surface area contributed by atoms with Crippen molar-refractivity contribution in [3.05, 3.63) is 75.7 Å². The number of thiazole rings is 1. The Bertz CT molecular complexity index is 1710. The third-order valence-corrected chi connectivity index (χ3v) is 11.0. The fraction of sp³-hybridized carbons (Fsp3) is 0.571. The molecule has 308 valence electrons. The average molecular weight is 794 g/mol. The number of ether oxygens (including phenoxy) is 2. The van der Waals surface area contributed by atoms with E-state index in [1.54, 1.807) is 37.5 Å². The molecule has 2 heterocycles. The van der Waals surface area contributed by atoms with Crippen LogP contribution in [0.25, 0.3) is 0 Å². The lowest BCUT2D eigenvalue weighted by molar-refractivity contribution is -0.132. The molecule has 4 rings (SSSR count). The number of amides is 4. The van der Waals surface area contributed by atoms with Crippen LogP contribution in [0.15, 0.2) is 53.9 Å². The second-order valence-corrected chi connectivity index (χ2v) is 17.0. The molecule has 1 aliphatic rings. The summed E-state index contributed by atoms with van der Waals surface area (Å²) in [6.07, 6.45) is 0.234. The number of urea groups is 1. The minimum absolute atomic E-state index is 0.0926. The molecular weight excluding hydrogens is 731 g/mol. The van der Waals surface area contributed by atoms with E-state index < -0.39 is 29.6 Å². The Balaban J connectivity index is 1.48. The monoisotopic (exact) mass is 793 g/mol. The summed E-state index contributed by atoms with van der Waals surface area (Å²) in [6.45, 7) is 14.7. The standard InChI is InChI=1S/C42H63N7O6S/c1-10-38-44-31(27-56-38)24-47(7)41(53)43-22-32(28(2)3)39(51)45-33(20-29-14-12-11-13-15-29)35(50)26-49-19-18-48(25-34(49)40(52)46-42(4,5)6)23-30-16-17-36(54-8)37(21-30)55-9/h11-17,21,27-28,32-35,50H,10,18-20,22-26H2,1-9H3,(H,43,53)(H,45,51)(H,46,52)/t32-,33+,34+,35-/m0/s1. The number of nitrogens with zero attached hydrogens (tertiary/aromatic N) is 4. The molecule has 1 saturated heterocycles. The number of aromatic nitrogens is 1. The molecule has 0 radical (unpaired) electrons. The molecule has 3 aromatic rings. The van der Waals surface area contributed by atoms with E-state index in [1.165, 1.54) is 0 Å². The third-order valence-electron chi connectivity index (χ3n) is 10.0. The van der Waals surface area contributed by atoms with Crippen molar-refractivity contribution < 1.29 is 29.0 Å². The van der Waals surface area contributed by atoms with Crippen LogP contribution >= 0.6 is 11.3 Å². The van der Waals surface area contributed by atoms with Crippen LogP contribution in [0, 0.1) is 11.8 Å². The molecule has 0 aliphatic carbocycles. The van der Waals surface area contributed by atoms with Gasteiger partial charge in [-0.25, -0.2) is 9.78 Å². The van der Waals surface area contributed by atoms with E-state index in [1.807, 2.05) is 100 Å². The van der Waals surface area contributed by atoms with E-state index in [2.05, 4.69) is 25.8 Å². The van der Waals surface area contributed by atoms with Crippen molar-refractivity contribution in [3.8, 4) is 11.5 Å². The Hall–Kier alpha value is -4.24. The zero-order valence-corrected chi connectivity index (χ0v) is 35.4. The number of carbonyl (C=O) groups excluding carboxylic acids is 3. The highest BCUT2D eigenvalue weighted by Crippen LogP contribution is 2.28. The zero-order valence-electron chi connectivity index (χ0n) is 34.6. The fourth-order valence-corrected chi connectivity index (χ4v) is 7.58. The van der Waals surface area contributed by atoms with E-state index in [4.69, 9.17) is 9.47 Å². The van der Waals surface area contributed by atoms with Crippen molar-refractivity contribution in [2.45, 2.75) is 91.2 Å². The van der Waals surface area contributed by atoms with Crippen LogP contribution in [-0.2, 0) is 35.5 Å². The van der Waals surface area contributed by atoms with E-state index in [-0.39, 0.29) is 36.9 Å². The average Bonchev–Trinajstić information content (AvgIpc) is 3.62. The van der Waals surface area contributed by atoms with Crippen molar-refractivity contribution in [3.63, 3.8) is 0 Å². The Morgan fingerprint density at radius 1 is 1.04 bits per heavy atom. The van der Waals surface area contributed by atoms with Gasteiger partial charge in [-0.2, -0.15) is 0 Å². The maximum atomic E-state index is 14.0. The normalized spacial score (nSPS) is 16.8. The predicted octanol–water partition coefficient (Wildman–Crippen LogP) is 4.33. The number of carbonyl (C=O) groups is 3. The maximum Gasteiger partial charge on any atom is 0.317 e. The van der Waals surface area contributed by atoms with Gasteiger partial charge in [0.15, 0.2) is 11.5 Å². The Kier molecular flexibility index (Phi) is 16.5. The van der Waals surface area contributed by atoms with Gasteiger partial charge in [0.2, 0.25) is 11.8 Å². The van der Waals surface area contributed by atoms with Gasteiger partial charge in [-0.1, -0.05) is 57.2 Å². The highest BCUT2D eigenvalue weighted by atomic mass is 32.1. The number of methoxy groups -OCH3 is 2. The molecule has 0 spiro atoms. The van der Waals surface area contributed by atoms with Crippen LogP contribution in [0.3, 0.4) is 0 Å². The lowest BCUT2D eigenvalue weighted by Gasteiger charge is -2.43. The Morgan fingerprint density at radius 2 is 1.75 bits per heavy atom. The smallest absolute Gasteiger partial charge is 0.317 e. The number of nitrogens with one attached hydrogen (secondary N) is 3. The van der Waals surface area contributed by atoms with Crippen molar-refractivity contribution in [1.82, 2.24) is 35.6 Å². The van der Waals surface area contributed by atoms with E-state index in [9.17, 15) is 19.5 Å². The number of aryl methyl sites for hydroxylation is 1. The van der Waals surface area contributed by atoms with Crippen LogP contribution in [0.5, 0.6) is 11.5 Å². The molecule has 4 atom stereocenters. The van der Waals surface area contributed by atoms with Gasteiger partial charge in [-0.05, 0) is 62.8 Å². The quantitative estimate of drug-likeness (QED) is 0.148. The van der Waals surface area contributed by atoms with E-state index >= 15 is 0 Å². The third kappa shape index (κ3) is 13.2. The fourth-order valence-electron chi connectivity index (χ4n) is 6.85. The van der Waals surface area contributed by atoms with Gasteiger partial charge in [0, 0.05) is 57.2 Å². The molecule has 56 heavy (non-hydrogen) atoms. The number of β-amino-alcohol motifs (C(OH)–C–C–N with tert-alkyl or cyclic N) is 1. The van der Waals surface area contributed by atoms with Crippen molar-refractivity contribution in [2.24, 2.45) is 11.8 Å². The van der Waals surface area contributed by atoms with Gasteiger partial charge < -0.3 is 35.4 Å². The lowest BCUT2D eigenvalue weighted by Crippen LogP contribution is -2.63. The highest BCUT2D eigenvalue weighted by molar-refractivity contribution is 7.09. The van der Waals surface area contributed by atoms with Crippen LogP contribution < -0.4 is 25.4 Å². The summed E-state index contributed by atoms with van der Waals surface area (Å²) in [5, 5.41) is 24.2. The van der Waals surface area contributed by atoms with Gasteiger partial charge in [0.05, 0.1) is 49.5 Å². The van der Waals surface area contributed by atoms with Crippen LogP contribution in [0.2, 0.25) is 0 Å². The van der Waals surface area contributed by atoms with Gasteiger partial charge in [-0.3, -0.25) is 19.4 Å². The number of piperazine rings is 1. The van der Waals surface area contributed by atoms with Gasteiger partial charge in [-0.15, -0.1) is 11.3 Å².